The Morgan fingerprint density at radius 2 is 1.97 bits per heavy atom. The van der Waals surface area contributed by atoms with Gasteiger partial charge in [-0.25, -0.2) is 0 Å². The zero-order valence-electron chi connectivity index (χ0n) is 19.1. The predicted molar refractivity (Wildman–Crippen MR) is 138 cm³/mol. The van der Waals surface area contributed by atoms with Crippen LogP contribution in [0.3, 0.4) is 0 Å². The van der Waals surface area contributed by atoms with Gasteiger partial charge in [-0.05, 0) is 56.2 Å². The van der Waals surface area contributed by atoms with Gasteiger partial charge in [-0.2, -0.15) is 0 Å². The third-order valence-electron chi connectivity index (χ3n) is 5.18. The average Bonchev–Trinajstić information content (AvgIpc) is 3.18. The average molecular weight is 518 g/mol. The largest absolute Gasteiger partial charge is 0.342 e. The second kappa shape index (κ2) is 11.6. The van der Waals surface area contributed by atoms with E-state index in [0.717, 1.165) is 16.8 Å². The van der Waals surface area contributed by atoms with Crippen LogP contribution in [0, 0.1) is 13.8 Å². The molecule has 0 bridgehead atoms. The van der Waals surface area contributed by atoms with Crippen LogP contribution in [-0.4, -0.2) is 32.3 Å². The van der Waals surface area contributed by atoms with E-state index in [0.29, 0.717) is 28.1 Å². The Labute approximate surface area is 212 Å². The minimum absolute atomic E-state index is 0.146. The number of anilines is 1. The van der Waals surface area contributed by atoms with Crippen molar-refractivity contribution < 1.29 is 9.59 Å². The lowest BCUT2D eigenvalue weighted by Crippen LogP contribution is -2.29. The fraction of sp³-hybridized carbons (Fsp3) is 0.250. The van der Waals surface area contributed by atoms with Gasteiger partial charge in [-0.3, -0.25) is 9.59 Å². The van der Waals surface area contributed by atoms with Gasteiger partial charge in [0.25, 0.3) is 5.91 Å². The summed E-state index contributed by atoms with van der Waals surface area (Å²) in [5.41, 5.74) is 3.24. The van der Waals surface area contributed by atoms with E-state index in [1.807, 2.05) is 36.6 Å². The molecule has 10 heteroatoms. The Kier molecular flexibility index (Phi) is 8.77. The first-order valence-corrected chi connectivity index (χ1v) is 12.2. The zero-order chi connectivity index (χ0) is 24.8. The molecule has 0 fully saturated rings. The van der Waals surface area contributed by atoms with Crippen molar-refractivity contribution in [3.05, 3.63) is 81.6 Å². The smallest absolute Gasteiger partial charge is 0.253 e. The second-order valence-corrected chi connectivity index (χ2v) is 9.43. The number of carbonyl (C=O) groups is 2. The molecule has 1 unspecified atom stereocenters. The lowest BCUT2D eigenvalue weighted by Gasteiger charge is -2.16. The number of aromatic nitrogens is 3. The van der Waals surface area contributed by atoms with E-state index in [4.69, 9.17) is 23.2 Å². The highest BCUT2D eigenvalue weighted by molar-refractivity contribution is 7.99. The Balaban J connectivity index is 1.69. The molecule has 0 saturated heterocycles. The van der Waals surface area contributed by atoms with Crippen LogP contribution in [0.25, 0.3) is 0 Å². The molecule has 2 amide bonds. The highest BCUT2D eigenvalue weighted by Crippen LogP contribution is 2.24. The van der Waals surface area contributed by atoms with E-state index in [9.17, 15) is 9.59 Å². The lowest BCUT2D eigenvalue weighted by molar-refractivity contribution is -0.113. The van der Waals surface area contributed by atoms with Crippen LogP contribution in [0.1, 0.15) is 40.3 Å². The Hall–Kier alpha value is -2.81. The quantitative estimate of drug-likeness (QED) is 0.284. The summed E-state index contributed by atoms with van der Waals surface area (Å²) in [6, 6.07) is 10.00. The van der Waals surface area contributed by atoms with Crippen molar-refractivity contribution in [1.29, 1.82) is 0 Å². The number of hydrogen-bond acceptors (Lipinski definition) is 5. The van der Waals surface area contributed by atoms with Crippen molar-refractivity contribution in [2.24, 2.45) is 0 Å². The molecule has 34 heavy (non-hydrogen) atoms. The topological polar surface area (TPSA) is 88.9 Å². The summed E-state index contributed by atoms with van der Waals surface area (Å²) in [4.78, 5) is 25.2. The number of thioether (sulfide) groups is 1. The third-order valence-corrected chi connectivity index (χ3v) is 6.69. The van der Waals surface area contributed by atoms with Crippen LogP contribution in [0.5, 0.6) is 0 Å². The number of halogens is 2. The summed E-state index contributed by atoms with van der Waals surface area (Å²) in [6.07, 6.45) is 1.71. The van der Waals surface area contributed by atoms with Crippen molar-refractivity contribution in [3.63, 3.8) is 0 Å². The van der Waals surface area contributed by atoms with E-state index in [-0.39, 0.29) is 22.6 Å². The molecule has 0 aliphatic carbocycles. The highest BCUT2D eigenvalue weighted by Gasteiger charge is 2.21. The van der Waals surface area contributed by atoms with Gasteiger partial charge in [-0.1, -0.05) is 53.2 Å². The molecule has 7 nitrogen and oxygen atoms in total. The SMILES string of the molecule is C=CCn1c(SCC(=O)Nc2cccc(C)c2C)nnc1C(C)NC(=O)c1ccc(Cl)cc1Cl. The minimum atomic E-state index is -0.468. The maximum atomic E-state index is 12.7. The molecular formula is C24H25Cl2N5O2S. The van der Waals surface area contributed by atoms with Crippen molar-refractivity contribution in [2.75, 3.05) is 11.1 Å². The first-order chi connectivity index (χ1) is 16.2. The van der Waals surface area contributed by atoms with Gasteiger partial charge < -0.3 is 15.2 Å². The molecule has 0 saturated carbocycles. The number of nitrogens with zero attached hydrogens (tertiary/aromatic N) is 3. The van der Waals surface area contributed by atoms with E-state index in [1.165, 1.54) is 17.8 Å². The van der Waals surface area contributed by atoms with Gasteiger partial charge in [0.15, 0.2) is 11.0 Å². The molecule has 0 aliphatic rings. The molecule has 3 aromatic rings. The Morgan fingerprint density at radius 3 is 2.68 bits per heavy atom. The normalized spacial score (nSPS) is 11.7. The van der Waals surface area contributed by atoms with Crippen LogP contribution in [0.15, 0.2) is 54.2 Å². The van der Waals surface area contributed by atoms with Crippen LogP contribution >= 0.6 is 35.0 Å². The van der Waals surface area contributed by atoms with Crippen LogP contribution < -0.4 is 10.6 Å². The van der Waals surface area contributed by atoms with Gasteiger partial charge in [0, 0.05) is 17.3 Å². The van der Waals surface area contributed by atoms with Crippen LogP contribution in [0.2, 0.25) is 10.0 Å². The zero-order valence-corrected chi connectivity index (χ0v) is 21.4. The predicted octanol–water partition coefficient (Wildman–Crippen LogP) is 5.61. The maximum absolute atomic E-state index is 12.7. The summed E-state index contributed by atoms with van der Waals surface area (Å²) in [5, 5.41) is 15.6. The number of allylic oxidation sites excluding steroid dienone is 1. The van der Waals surface area contributed by atoms with Crippen molar-refractivity contribution >= 4 is 52.5 Å². The van der Waals surface area contributed by atoms with Crippen molar-refractivity contribution in [3.8, 4) is 0 Å². The number of amides is 2. The van der Waals surface area contributed by atoms with Gasteiger partial charge >= 0.3 is 0 Å². The third kappa shape index (κ3) is 6.20. The second-order valence-electron chi connectivity index (χ2n) is 7.64. The Bertz CT molecular complexity index is 1230. The molecule has 1 atom stereocenters. The number of aryl methyl sites for hydroxylation is 1. The summed E-state index contributed by atoms with van der Waals surface area (Å²) >= 11 is 13.3. The molecule has 0 radical (unpaired) electrons. The fourth-order valence-corrected chi connectivity index (χ4v) is 4.49. The molecule has 1 aromatic heterocycles. The van der Waals surface area contributed by atoms with E-state index in [2.05, 4.69) is 27.4 Å². The van der Waals surface area contributed by atoms with Gasteiger partial charge in [0.05, 0.1) is 22.4 Å². The Morgan fingerprint density at radius 1 is 1.21 bits per heavy atom. The van der Waals surface area contributed by atoms with Crippen LogP contribution in [0.4, 0.5) is 5.69 Å². The summed E-state index contributed by atoms with van der Waals surface area (Å²) in [7, 11) is 0. The van der Waals surface area contributed by atoms with Crippen molar-refractivity contribution in [1.82, 2.24) is 20.1 Å². The van der Waals surface area contributed by atoms with Gasteiger partial charge in [0.1, 0.15) is 0 Å². The number of hydrogen-bond donors (Lipinski definition) is 2. The summed E-state index contributed by atoms with van der Waals surface area (Å²) in [6.45, 7) is 9.98. The van der Waals surface area contributed by atoms with E-state index >= 15 is 0 Å². The first-order valence-electron chi connectivity index (χ1n) is 10.5. The molecular weight excluding hydrogens is 493 g/mol. The highest BCUT2D eigenvalue weighted by atomic mass is 35.5. The molecule has 0 spiro atoms. The molecule has 2 N–H and O–H groups in total. The van der Waals surface area contributed by atoms with E-state index in [1.54, 1.807) is 25.1 Å². The fourth-order valence-electron chi connectivity index (χ4n) is 3.24. The summed E-state index contributed by atoms with van der Waals surface area (Å²) in [5.74, 6) is 0.191. The molecule has 1 heterocycles. The number of rotatable bonds is 9. The molecule has 0 aliphatic heterocycles. The number of carbonyl (C=O) groups excluding carboxylic acids is 2. The molecule has 2 aromatic carbocycles. The monoisotopic (exact) mass is 517 g/mol. The molecule has 178 valence electrons. The van der Waals surface area contributed by atoms with E-state index < -0.39 is 6.04 Å². The standard InChI is InChI=1S/C24H25Cl2N5O2S/c1-5-11-31-22(16(4)27-23(33)18-10-9-17(25)12-19(18)26)29-30-24(31)34-13-21(32)28-20-8-6-7-14(2)15(20)3/h5-10,12,16H,1,11,13H2,2-4H3,(H,27,33)(H,28,32). The first kappa shape index (κ1) is 25.8. The van der Waals surface area contributed by atoms with Gasteiger partial charge in [-0.15, -0.1) is 16.8 Å². The van der Waals surface area contributed by atoms with Gasteiger partial charge in [0.2, 0.25) is 5.91 Å². The summed E-state index contributed by atoms with van der Waals surface area (Å²) < 4.78 is 1.82. The number of benzene rings is 2. The molecule has 3 rings (SSSR count). The number of nitrogens with one attached hydrogen (secondary N) is 2. The lowest BCUT2D eigenvalue weighted by atomic mass is 10.1. The van der Waals surface area contributed by atoms with Crippen LogP contribution in [-0.2, 0) is 11.3 Å². The van der Waals surface area contributed by atoms with Crippen molar-refractivity contribution in [2.45, 2.75) is 38.5 Å². The minimum Gasteiger partial charge on any atom is -0.342 e. The maximum Gasteiger partial charge on any atom is 0.253 e.